The molecule has 1 aromatic carbocycles. The van der Waals surface area contributed by atoms with Gasteiger partial charge in [-0.25, -0.2) is 5.48 Å². The topological polar surface area (TPSA) is 111 Å². The second-order valence-corrected chi connectivity index (χ2v) is 9.27. The van der Waals surface area contributed by atoms with Crippen LogP contribution in [0.2, 0.25) is 0 Å². The minimum atomic E-state index is -0.984. The minimum absolute atomic E-state index is 0.206. The molecule has 0 spiro atoms. The lowest BCUT2D eigenvalue weighted by atomic mass is 9.94. The molecule has 0 bridgehead atoms. The fraction of sp³-hybridized carbons (Fsp3) is 0.731. The first-order valence-electron chi connectivity index (χ1n) is 12.5. The molecular formula is C26H46N2O6. The van der Waals surface area contributed by atoms with Crippen LogP contribution in [0.3, 0.4) is 0 Å². The Labute approximate surface area is 205 Å². The molecule has 1 aromatic rings. The van der Waals surface area contributed by atoms with Gasteiger partial charge in [-0.15, -0.1) is 0 Å². The third-order valence-corrected chi connectivity index (χ3v) is 6.35. The van der Waals surface area contributed by atoms with Gasteiger partial charge in [0, 0.05) is 38.1 Å². The van der Waals surface area contributed by atoms with Crippen molar-refractivity contribution in [2.24, 2.45) is 17.8 Å². The Morgan fingerprint density at radius 2 is 1.71 bits per heavy atom. The number of nitrogens with one attached hydrogen (secondary N) is 1. The Kier molecular flexibility index (Phi) is 15.2. The molecule has 4 N–H and O–H groups in total. The van der Waals surface area contributed by atoms with Gasteiger partial charge in [-0.1, -0.05) is 57.5 Å². The number of hydrogen-bond acceptors (Lipinski definition) is 8. The molecule has 6 atom stereocenters. The second kappa shape index (κ2) is 17.0. The third kappa shape index (κ3) is 10.8. The van der Waals surface area contributed by atoms with Gasteiger partial charge in [0.2, 0.25) is 0 Å². The molecule has 0 aliphatic carbocycles. The van der Waals surface area contributed by atoms with E-state index in [1.54, 1.807) is 20.8 Å². The maximum atomic E-state index is 12.5. The number of aliphatic hydroxyl groups excluding tert-OH is 3. The highest BCUT2D eigenvalue weighted by Gasteiger charge is 2.32. The Hall–Kier alpha value is -1.55. The molecule has 3 unspecified atom stereocenters. The maximum absolute atomic E-state index is 12.5. The molecule has 0 heterocycles. The van der Waals surface area contributed by atoms with Gasteiger partial charge in [0.05, 0.1) is 18.6 Å². The van der Waals surface area contributed by atoms with Crippen LogP contribution in [0.5, 0.6) is 0 Å². The van der Waals surface area contributed by atoms with Crippen molar-refractivity contribution >= 4 is 5.97 Å². The number of rotatable bonds is 18. The van der Waals surface area contributed by atoms with Crippen LogP contribution in [-0.2, 0) is 21.0 Å². The number of benzene rings is 1. The summed E-state index contributed by atoms with van der Waals surface area (Å²) in [6, 6.07) is 9.94. The van der Waals surface area contributed by atoms with Crippen molar-refractivity contribution in [3.63, 3.8) is 0 Å². The van der Waals surface area contributed by atoms with Gasteiger partial charge in [-0.3, -0.25) is 14.5 Å². The highest BCUT2D eigenvalue weighted by molar-refractivity contribution is 5.72. The molecule has 0 amide bonds. The van der Waals surface area contributed by atoms with Gasteiger partial charge in [-0.05, 0) is 32.3 Å². The Morgan fingerprint density at radius 3 is 2.32 bits per heavy atom. The zero-order valence-corrected chi connectivity index (χ0v) is 21.5. The van der Waals surface area contributed by atoms with E-state index in [4.69, 9.17) is 9.57 Å². The van der Waals surface area contributed by atoms with Crippen molar-refractivity contribution < 1.29 is 29.7 Å². The summed E-state index contributed by atoms with van der Waals surface area (Å²) in [6.07, 6.45) is 0.479. The standard InChI is InChI=1S/C26H46N2O6/c1-6-7-15-28(16-11-14-27-33-18-23-12-9-8-10-13-23)25(31)20(3)22(5)34-26(32)21(4)24(30)19(2)17-29/h8-10,12-13,19-22,24-25,27,29-31H,6-7,11,14-18H2,1-5H3/t19-,20+,21?,22?,24+,25?/m1/s1. The molecule has 1 rings (SSSR count). The number of carbonyl (C=O) groups is 1. The number of aliphatic hydroxyl groups is 3. The van der Waals surface area contributed by atoms with Crippen LogP contribution in [0.15, 0.2) is 30.3 Å². The highest BCUT2D eigenvalue weighted by Crippen LogP contribution is 2.20. The molecule has 34 heavy (non-hydrogen) atoms. The number of unbranched alkanes of at least 4 members (excludes halogenated alkanes) is 1. The number of hydrogen-bond donors (Lipinski definition) is 4. The van der Waals surface area contributed by atoms with Gasteiger partial charge in [0.25, 0.3) is 0 Å². The van der Waals surface area contributed by atoms with Crippen LogP contribution in [0.4, 0.5) is 0 Å². The Morgan fingerprint density at radius 1 is 1.06 bits per heavy atom. The summed E-state index contributed by atoms with van der Waals surface area (Å²) < 4.78 is 5.57. The molecule has 0 saturated heterocycles. The van der Waals surface area contributed by atoms with E-state index in [1.807, 2.05) is 42.2 Å². The van der Waals surface area contributed by atoms with E-state index in [0.29, 0.717) is 19.7 Å². The number of esters is 1. The van der Waals surface area contributed by atoms with Gasteiger partial charge in [0.15, 0.2) is 0 Å². The highest BCUT2D eigenvalue weighted by atomic mass is 16.6. The molecule has 8 nitrogen and oxygen atoms in total. The summed E-state index contributed by atoms with van der Waals surface area (Å²) in [7, 11) is 0. The molecule has 196 valence electrons. The van der Waals surface area contributed by atoms with Gasteiger partial charge in [0.1, 0.15) is 12.3 Å². The predicted molar refractivity (Wildman–Crippen MR) is 132 cm³/mol. The van der Waals surface area contributed by atoms with E-state index in [2.05, 4.69) is 12.4 Å². The lowest BCUT2D eigenvalue weighted by Gasteiger charge is -2.35. The van der Waals surface area contributed by atoms with Crippen molar-refractivity contribution in [2.45, 2.75) is 78.9 Å². The maximum Gasteiger partial charge on any atom is 0.311 e. The van der Waals surface area contributed by atoms with Crippen LogP contribution in [0.1, 0.15) is 59.4 Å². The van der Waals surface area contributed by atoms with Crippen LogP contribution < -0.4 is 5.48 Å². The molecule has 8 heteroatoms. The zero-order chi connectivity index (χ0) is 25.5. The minimum Gasteiger partial charge on any atom is -0.462 e. The SMILES string of the molecule is CCCCN(CCCNOCc1ccccc1)C(O)[C@@H](C)C(C)OC(=O)C(C)[C@@H](O)[C@H](C)CO. The first-order chi connectivity index (χ1) is 16.2. The van der Waals surface area contributed by atoms with E-state index in [9.17, 15) is 20.1 Å². The average molecular weight is 483 g/mol. The van der Waals surface area contributed by atoms with Gasteiger partial charge in [-0.2, -0.15) is 0 Å². The van der Waals surface area contributed by atoms with Crippen molar-refractivity contribution in [1.82, 2.24) is 10.4 Å². The second-order valence-electron chi connectivity index (χ2n) is 9.27. The third-order valence-electron chi connectivity index (χ3n) is 6.35. The number of nitrogens with zero attached hydrogens (tertiary/aromatic N) is 1. The smallest absolute Gasteiger partial charge is 0.311 e. The van der Waals surface area contributed by atoms with Crippen molar-refractivity contribution in [2.75, 3.05) is 26.2 Å². The number of hydroxylamine groups is 1. The van der Waals surface area contributed by atoms with Crippen molar-refractivity contribution in [3.8, 4) is 0 Å². The lowest BCUT2D eigenvalue weighted by molar-refractivity contribution is -0.165. The predicted octanol–water partition coefficient (Wildman–Crippen LogP) is 2.71. The summed E-state index contributed by atoms with van der Waals surface area (Å²) in [5, 5.41) is 30.4. The number of ether oxygens (including phenoxy) is 1. The van der Waals surface area contributed by atoms with Crippen LogP contribution in [-0.4, -0.2) is 70.9 Å². The van der Waals surface area contributed by atoms with Gasteiger partial charge < -0.3 is 20.1 Å². The van der Waals surface area contributed by atoms with Crippen molar-refractivity contribution in [3.05, 3.63) is 35.9 Å². The Bertz CT molecular complexity index is 662. The van der Waals surface area contributed by atoms with E-state index in [1.165, 1.54) is 0 Å². The average Bonchev–Trinajstić information content (AvgIpc) is 2.85. The quantitative estimate of drug-likeness (QED) is 0.109. The summed E-state index contributed by atoms with van der Waals surface area (Å²) in [5.74, 6) is -2.02. The zero-order valence-electron chi connectivity index (χ0n) is 21.5. The van der Waals surface area contributed by atoms with Crippen LogP contribution in [0, 0.1) is 17.8 Å². The van der Waals surface area contributed by atoms with Crippen molar-refractivity contribution in [1.29, 1.82) is 0 Å². The lowest BCUT2D eigenvalue weighted by Crippen LogP contribution is -2.46. The summed E-state index contributed by atoms with van der Waals surface area (Å²) in [5.41, 5.74) is 4.08. The molecule has 0 aliphatic heterocycles. The van der Waals surface area contributed by atoms with Crippen LogP contribution >= 0.6 is 0 Å². The molecular weight excluding hydrogens is 436 g/mol. The first-order valence-corrected chi connectivity index (χ1v) is 12.5. The fourth-order valence-corrected chi connectivity index (χ4v) is 3.59. The first kappa shape index (κ1) is 30.5. The molecule has 0 saturated carbocycles. The molecule has 0 aliphatic rings. The fourth-order valence-electron chi connectivity index (χ4n) is 3.59. The largest absolute Gasteiger partial charge is 0.462 e. The normalized spacial score (nSPS) is 17.1. The monoisotopic (exact) mass is 482 g/mol. The summed E-state index contributed by atoms with van der Waals surface area (Å²) in [4.78, 5) is 20.0. The Balaban J connectivity index is 2.51. The summed E-state index contributed by atoms with van der Waals surface area (Å²) in [6.45, 7) is 11.4. The van der Waals surface area contributed by atoms with Crippen LogP contribution in [0.25, 0.3) is 0 Å². The molecule has 0 fully saturated rings. The van der Waals surface area contributed by atoms with E-state index >= 15 is 0 Å². The number of carbonyl (C=O) groups excluding carboxylic acids is 1. The van der Waals surface area contributed by atoms with E-state index < -0.39 is 36.2 Å². The summed E-state index contributed by atoms with van der Waals surface area (Å²) >= 11 is 0. The van der Waals surface area contributed by atoms with E-state index in [0.717, 1.165) is 31.4 Å². The molecule has 0 aromatic heterocycles. The van der Waals surface area contributed by atoms with Gasteiger partial charge >= 0.3 is 5.97 Å². The molecule has 0 radical (unpaired) electrons. The van der Waals surface area contributed by atoms with E-state index in [-0.39, 0.29) is 12.5 Å².